The number of benzene rings is 2. The zero-order valence-electron chi connectivity index (χ0n) is 12.2. The predicted octanol–water partition coefficient (Wildman–Crippen LogP) is 5.30. The van der Waals surface area contributed by atoms with Gasteiger partial charge in [-0.1, -0.05) is 28.9 Å². The summed E-state index contributed by atoms with van der Waals surface area (Å²) < 4.78 is 20.3. The Kier molecular flexibility index (Phi) is 5.62. The Hall–Kier alpha value is -1.55. The molecule has 0 radical (unpaired) electrons. The van der Waals surface area contributed by atoms with Gasteiger partial charge in [-0.05, 0) is 43.7 Å². The standard InChI is InChI=1S/C17H19BrFNO/c1-3-9-21-17-8-7-14(18)10-13(17)11-20-16-6-4-5-15(19)12(16)2/h4-8,10,20H,3,9,11H2,1-2H3. The normalized spacial score (nSPS) is 10.5. The Morgan fingerprint density at radius 2 is 2.05 bits per heavy atom. The lowest BCUT2D eigenvalue weighted by molar-refractivity contribution is 0.314. The molecule has 0 aliphatic carbocycles. The van der Waals surface area contributed by atoms with Crippen LogP contribution in [0.3, 0.4) is 0 Å². The van der Waals surface area contributed by atoms with E-state index in [2.05, 4.69) is 28.2 Å². The Bertz CT molecular complexity index is 616. The lowest BCUT2D eigenvalue weighted by atomic mass is 10.1. The van der Waals surface area contributed by atoms with E-state index in [9.17, 15) is 4.39 Å². The zero-order valence-corrected chi connectivity index (χ0v) is 13.8. The van der Waals surface area contributed by atoms with Gasteiger partial charge in [-0.25, -0.2) is 4.39 Å². The molecule has 0 atom stereocenters. The van der Waals surface area contributed by atoms with Gasteiger partial charge in [0.2, 0.25) is 0 Å². The molecule has 0 bridgehead atoms. The van der Waals surface area contributed by atoms with Crippen molar-refractivity contribution in [1.29, 1.82) is 0 Å². The fourth-order valence-electron chi connectivity index (χ4n) is 2.03. The third-order valence-corrected chi connectivity index (χ3v) is 3.71. The van der Waals surface area contributed by atoms with Crippen molar-refractivity contribution >= 4 is 21.6 Å². The SMILES string of the molecule is CCCOc1ccc(Br)cc1CNc1cccc(F)c1C. The van der Waals surface area contributed by atoms with E-state index in [-0.39, 0.29) is 5.82 Å². The summed E-state index contributed by atoms with van der Waals surface area (Å²) in [5, 5.41) is 3.27. The second kappa shape index (κ2) is 7.46. The first-order valence-corrected chi connectivity index (χ1v) is 7.81. The molecule has 0 saturated heterocycles. The number of ether oxygens (including phenoxy) is 1. The van der Waals surface area contributed by atoms with Gasteiger partial charge in [0.25, 0.3) is 0 Å². The molecule has 0 unspecified atom stereocenters. The van der Waals surface area contributed by atoms with Crippen LogP contribution < -0.4 is 10.1 Å². The maximum Gasteiger partial charge on any atom is 0.128 e. The first kappa shape index (κ1) is 15.8. The molecule has 2 nitrogen and oxygen atoms in total. The third-order valence-electron chi connectivity index (χ3n) is 3.22. The molecule has 4 heteroatoms. The molecule has 0 aliphatic heterocycles. The lowest BCUT2D eigenvalue weighted by Gasteiger charge is -2.14. The van der Waals surface area contributed by atoms with Crippen LogP contribution in [0.25, 0.3) is 0 Å². The minimum atomic E-state index is -0.198. The van der Waals surface area contributed by atoms with E-state index >= 15 is 0 Å². The Balaban J connectivity index is 2.15. The van der Waals surface area contributed by atoms with E-state index < -0.39 is 0 Å². The molecule has 21 heavy (non-hydrogen) atoms. The van der Waals surface area contributed by atoms with E-state index in [0.717, 1.165) is 27.9 Å². The second-order valence-corrected chi connectivity index (χ2v) is 5.78. The number of rotatable bonds is 6. The first-order chi connectivity index (χ1) is 10.1. The van der Waals surface area contributed by atoms with Crippen LogP contribution in [0, 0.1) is 12.7 Å². The Labute approximate surface area is 133 Å². The fraction of sp³-hybridized carbons (Fsp3) is 0.294. The summed E-state index contributed by atoms with van der Waals surface area (Å²) in [4.78, 5) is 0. The fourth-order valence-corrected chi connectivity index (χ4v) is 2.44. The van der Waals surface area contributed by atoms with Gasteiger partial charge in [0.15, 0.2) is 0 Å². The molecule has 0 amide bonds. The minimum absolute atomic E-state index is 0.198. The van der Waals surface area contributed by atoms with Crippen molar-refractivity contribution in [2.24, 2.45) is 0 Å². The van der Waals surface area contributed by atoms with Gasteiger partial charge in [-0.2, -0.15) is 0 Å². The van der Waals surface area contributed by atoms with Crippen molar-refractivity contribution in [3.63, 3.8) is 0 Å². The van der Waals surface area contributed by atoms with Gasteiger partial charge in [0, 0.05) is 27.8 Å². The number of hydrogen-bond acceptors (Lipinski definition) is 2. The summed E-state index contributed by atoms with van der Waals surface area (Å²) in [5.74, 6) is 0.665. The van der Waals surface area contributed by atoms with Crippen molar-refractivity contribution in [2.45, 2.75) is 26.8 Å². The number of nitrogens with one attached hydrogen (secondary N) is 1. The second-order valence-electron chi connectivity index (χ2n) is 4.87. The smallest absolute Gasteiger partial charge is 0.128 e. The van der Waals surface area contributed by atoms with E-state index in [1.807, 2.05) is 24.3 Å². The summed E-state index contributed by atoms with van der Waals surface area (Å²) in [6, 6.07) is 11.0. The molecule has 0 aromatic heterocycles. The number of hydrogen-bond donors (Lipinski definition) is 1. The molecule has 112 valence electrons. The van der Waals surface area contributed by atoms with E-state index in [1.54, 1.807) is 13.0 Å². The van der Waals surface area contributed by atoms with Gasteiger partial charge in [-0.3, -0.25) is 0 Å². The van der Waals surface area contributed by atoms with Gasteiger partial charge in [0.1, 0.15) is 11.6 Å². The highest BCUT2D eigenvalue weighted by Crippen LogP contribution is 2.25. The van der Waals surface area contributed by atoms with Crippen LogP contribution in [-0.2, 0) is 6.54 Å². The van der Waals surface area contributed by atoms with Crippen molar-refractivity contribution in [3.8, 4) is 5.75 Å². The molecule has 0 fully saturated rings. The van der Waals surface area contributed by atoms with Crippen molar-refractivity contribution in [2.75, 3.05) is 11.9 Å². The molecular weight excluding hydrogens is 333 g/mol. The summed E-state index contributed by atoms with van der Waals surface area (Å²) in [7, 11) is 0. The van der Waals surface area contributed by atoms with Crippen LogP contribution in [0.2, 0.25) is 0 Å². The quantitative estimate of drug-likeness (QED) is 0.762. The molecule has 1 N–H and O–H groups in total. The third kappa shape index (κ3) is 4.21. The Morgan fingerprint density at radius 3 is 2.81 bits per heavy atom. The maximum absolute atomic E-state index is 13.5. The van der Waals surface area contributed by atoms with Crippen LogP contribution in [0.1, 0.15) is 24.5 Å². The molecular formula is C17H19BrFNO. The van der Waals surface area contributed by atoms with Crippen molar-refractivity contribution in [1.82, 2.24) is 0 Å². The van der Waals surface area contributed by atoms with Crippen LogP contribution in [0.4, 0.5) is 10.1 Å². The number of anilines is 1. The zero-order chi connectivity index (χ0) is 15.2. The van der Waals surface area contributed by atoms with Gasteiger partial charge in [-0.15, -0.1) is 0 Å². The minimum Gasteiger partial charge on any atom is -0.493 e. The average molecular weight is 352 g/mol. The summed E-state index contributed by atoms with van der Waals surface area (Å²) in [5.41, 5.74) is 2.47. The summed E-state index contributed by atoms with van der Waals surface area (Å²) >= 11 is 3.47. The molecule has 0 spiro atoms. The molecule has 2 aromatic carbocycles. The molecule has 2 rings (SSSR count). The average Bonchev–Trinajstić information content (AvgIpc) is 2.48. The van der Waals surface area contributed by atoms with Crippen molar-refractivity contribution in [3.05, 3.63) is 57.8 Å². The molecule has 0 saturated carbocycles. The highest BCUT2D eigenvalue weighted by molar-refractivity contribution is 9.10. The van der Waals surface area contributed by atoms with Gasteiger partial charge in [0.05, 0.1) is 6.61 Å². The van der Waals surface area contributed by atoms with Crippen molar-refractivity contribution < 1.29 is 9.13 Å². The van der Waals surface area contributed by atoms with Gasteiger partial charge < -0.3 is 10.1 Å². The highest BCUT2D eigenvalue weighted by atomic mass is 79.9. The largest absolute Gasteiger partial charge is 0.493 e. The molecule has 0 heterocycles. The highest BCUT2D eigenvalue weighted by Gasteiger charge is 2.07. The summed E-state index contributed by atoms with van der Waals surface area (Å²) in [6.45, 7) is 5.12. The van der Waals surface area contributed by atoms with Crippen LogP contribution in [0.15, 0.2) is 40.9 Å². The number of halogens is 2. The van der Waals surface area contributed by atoms with E-state index in [4.69, 9.17) is 4.74 Å². The first-order valence-electron chi connectivity index (χ1n) is 7.02. The van der Waals surface area contributed by atoms with Crippen LogP contribution >= 0.6 is 15.9 Å². The maximum atomic E-state index is 13.5. The monoisotopic (exact) mass is 351 g/mol. The molecule has 0 aliphatic rings. The van der Waals surface area contributed by atoms with Crippen LogP contribution in [-0.4, -0.2) is 6.61 Å². The topological polar surface area (TPSA) is 21.3 Å². The lowest BCUT2D eigenvalue weighted by Crippen LogP contribution is -2.05. The van der Waals surface area contributed by atoms with E-state index in [0.29, 0.717) is 18.7 Å². The summed E-state index contributed by atoms with van der Waals surface area (Å²) in [6.07, 6.45) is 0.964. The van der Waals surface area contributed by atoms with Gasteiger partial charge >= 0.3 is 0 Å². The Morgan fingerprint density at radius 1 is 1.24 bits per heavy atom. The molecule has 2 aromatic rings. The van der Waals surface area contributed by atoms with Crippen LogP contribution in [0.5, 0.6) is 5.75 Å². The predicted molar refractivity (Wildman–Crippen MR) is 88.4 cm³/mol. The van der Waals surface area contributed by atoms with E-state index in [1.165, 1.54) is 6.07 Å².